The number of nitrogens with one attached hydrogen (secondary N) is 1. The summed E-state index contributed by atoms with van der Waals surface area (Å²) in [5.74, 6) is 0. The molecule has 0 fully saturated rings. The highest BCUT2D eigenvalue weighted by molar-refractivity contribution is 5.65. The lowest BCUT2D eigenvalue weighted by Crippen LogP contribution is -2.32. The standard InChI is InChI=1S/C10H15N3O/c1-2-13-10(3-4-12-13)8-5-9(14)7-11-6-8/h3-5,9,11,14H,2,6-7H2,1H3. The molecule has 2 rings (SSSR count). The number of aryl methyl sites for hydroxylation is 1. The normalized spacial score (nSPS) is 22.1. The summed E-state index contributed by atoms with van der Waals surface area (Å²) in [5, 5.41) is 16.8. The quantitative estimate of drug-likeness (QED) is 0.708. The Balaban J connectivity index is 2.29. The zero-order valence-corrected chi connectivity index (χ0v) is 8.27. The Morgan fingerprint density at radius 1 is 1.71 bits per heavy atom. The number of aliphatic hydroxyl groups is 1. The molecule has 0 radical (unpaired) electrons. The summed E-state index contributed by atoms with van der Waals surface area (Å²) >= 11 is 0. The van der Waals surface area contributed by atoms with Gasteiger partial charge in [-0.15, -0.1) is 0 Å². The molecule has 1 unspecified atom stereocenters. The molecule has 76 valence electrons. The summed E-state index contributed by atoms with van der Waals surface area (Å²) in [6.45, 7) is 4.37. The minimum absolute atomic E-state index is 0.376. The van der Waals surface area contributed by atoms with E-state index in [-0.39, 0.29) is 6.10 Å². The lowest BCUT2D eigenvalue weighted by Gasteiger charge is -2.18. The fourth-order valence-corrected chi connectivity index (χ4v) is 1.74. The molecular formula is C10H15N3O. The fraction of sp³-hybridized carbons (Fsp3) is 0.500. The topological polar surface area (TPSA) is 50.1 Å². The van der Waals surface area contributed by atoms with Gasteiger partial charge in [-0.1, -0.05) is 0 Å². The predicted molar refractivity (Wildman–Crippen MR) is 54.8 cm³/mol. The van der Waals surface area contributed by atoms with Crippen LogP contribution in [0.4, 0.5) is 0 Å². The highest BCUT2D eigenvalue weighted by atomic mass is 16.3. The maximum absolute atomic E-state index is 9.47. The molecule has 0 aliphatic carbocycles. The van der Waals surface area contributed by atoms with Crippen LogP contribution >= 0.6 is 0 Å². The molecule has 2 heterocycles. The van der Waals surface area contributed by atoms with Gasteiger partial charge in [0.2, 0.25) is 0 Å². The second kappa shape index (κ2) is 3.94. The van der Waals surface area contributed by atoms with Crippen LogP contribution in [0.25, 0.3) is 5.57 Å². The predicted octanol–water partition coefficient (Wildman–Crippen LogP) is 0.251. The van der Waals surface area contributed by atoms with Crippen LogP contribution in [-0.2, 0) is 6.54 Å². The van der Waals surface area contributed by atoms with E-state index in [2.05, 4.69) is 17.3 Å². The summed E-state index contributed by atoms with van der Waals surface area (Å²) in [6, 6.07) is 1.98. The number of hydrogen-bond donors (Lipinski definition) is 2. The number of nitrogens with zero attached hydrogens (tertiary/aromatic N) is 2. The van der Waals surface area contributed by atoms with Crippen molar-refractivity contribution in [2.24, 2.45) is 0 Å². The number of rotatable bonds is 2. The van der Waals surface area contributed by atoms with Gasteiger partial charge >= 0.3 is 0 Å². The maximum Gasteiger partial charge on any atom is 0.0852 e. The van der Waals surface area contributed by atoms with Gasteiger partial charge in [-0.3, -0.25) is 4.68 Å². The molecule has 1 aliphatic heterocycles. The molecule has 0 spiro atoms. The summed E-state index contributed by atoms with van der Waals surface area (Å²) in [7, 11) is 0. The minimum Gasteiger partial charge on any atom is -0.388 e. The van der Waals surface area contributed by atoms with Gasteiger partial charge in [0.1, 0.15) is 0 Å². The van der Waals surface area contributed by atoms with E-state index in [0.29, 0.717) is 6.54 Å². The average molecular weight is 193 g/mol. The van der Waals surface area contributed by atoms with Crippen molar-refractivity contribution in [1.29, 1.82) is 0 Å². The molecule has 1 aliphatic rings. The first-order valence-electron chi connectivity index (χ1n) is 4.93. The Labute approximate surface area is 83.2 Å². The monoisotopic (exact) mass is 193 g/mol. The highest BCUT2D eigenvalue weighted by Crippen LogP contribution is 2.16. The smallest absolute Gasteiger partial charge is 0.0852 e. The Morgan fingerprint density at radius 2 is 2.57 bits per heavy atom. The third-order valence-electron chi connectivity index (χ3n) is 2.41. The molecule has 0 aromatic carbocycles. The van der Waals surface area contributed by atoms with Crippen molar-refractivity contribution in [3.63, 3.8) is 0 Å². The molecule has 1 aromatic heterocycles. The molecule has 1 atom stereocenters. The highest BCUT2D eigenvalue weighted by Gasteiger charge is 2.14. The van der Waals surface area contributed by atoms with Gasteiger partial charge in [-0.05, 0) is 24.6 Å². The number of aromatic nitrogens is 2. The van der Waals surface area contributed by atoms with Gasteiger partial charge in [0.25, 0.3) is 0 Å². The third-order valence-corrected chi connectivity index (χ3v) is 2.41. The van der Waals surface area contributed by atoms with Crippen molar-refractivity contribution in [1.82, 2.24) is 15.1 Å². The number of aliphatic hydroxyl groups excluding tert-OH is 1. The van der Waals surface area contributed by atoms with Crippen molar-refractivity contribution >= 4 is 5.57 Å². The van der Waals surface area contributed by atoms with Gasteiger partial charge in [-0.25, -0.2) is 0 Å². The molecule has 2 N–H and O–H groups in total. The van der Waals surface area contributed by atoms with Crippen LogP contribution in [-0.4, -0.2) is 34.1 Å². The van der Waals surface area contributed by atoms with E-state index in [9.17, 15) is 5.11 Å². The van der Waals surface area contributed by atoms with Crippen LogP contribution in [0.3, 0.4) is 0 Å². The second-order valence-corrected chi connectivity index (χ2v) is 3.42. The van der Waals surface area contributed by atoms with Gasteiger partial charge in [-0.2, -0.15) is 5.10 Å². The van der Waals surface area contributed by atoms with Crippen molar-refractivity contribution < 1.29 is 5.11 Å². The Bertz CT molecular complexity index is 343. The molecule has 1 aromatic rings. The largest absolute Gasteiger partial charge is 0.388 e. The lowest BCUT2D eigenvalue weighted by molar-refractivity contribution is 0.216. The molecule has 0 bridgehead atoms. The Morgan fingerprint density at radius 3 is 3.29 bits per heavy atom. The molecular weight excluding hydrogens is 178 g/mol. The first-order valence-corrected chi connectivity index (χ1v) is 4.93. The molecule has 14 heavy (non-hydrogen) atoms. The van der Waals surface area contributed by atoms with Gasteiger partial charge < -0.3 is 10.4 Å². The van der Waals surface area contributed by atoms with Crippen LogP contribution in [0.5, 0.6) is 0 Å². The van der Waals surface area contributed by atoms with Crippen LogP contribution in [0.1, 0.15) is 12.6 Å². The number of hydrogen-bond acceptors (Lipinski definition) is 3. The summed E-state index contributed by atoms with van der Waals surface area (Å²) in [4.78, 5) is 0. The van der Waals surface area contributed by atoms with E-state index in [1.165, 1.54) is 0 Å². The summed E-state index contributed by atoms with van der Waals surface area (Å²) < 4.78 is 1.94. The first kappa shape index (κ1) is 9.43. The van der Waals surface area contributed by atoms with Crippen molar-refractivity contribution in [3.05, 3.63) is 24.0 Å². The summed E-state index contributed by atoms with van der Waals surface area (Å²) in [6.07, 6.45) is 3.32. The van der Waals surface area contributed by atoms with E-state index >= 15 is 0 Å². The van der Waals surface area contributed by atoms with Crippen molar-refractivity contribution in [3.8, 4) is 0 Å². The first-order chi connectivity index (χ1) is 6.81. The van der Waals surface area contributed by atoms with Crippen LogP contribution in [0.15, 0.2) is 18.3 Å². The van der Waals surface area contributed by atoms with E-state index in [1.54, 1.807) is 6.20 Å². The zero-order chi connectivity index (χ0) is 9.97. The Hall–Kier alpha value is -1.13. The SMILES string of the molecule is CCn1nccc1C1=CC(O)CNC1. The zero-order valence-electron chi connectivity index (χ0n) is 8.27. The van der Waals surface area contributed by atoms with E-state index in [0.717, 1.165) is 24.4 Å². The Kier molecular flexibility index (Phi) is 2.65. The molecule has 0 saturated carbocycles. The minimum atomic E-state index is -0.376. The van der Waals surface area contributed by atoms with Gasteiger partial charge in [0.15, 0.2) is 0 Å². The average Bonchev–Trinajstić information content (AvgIpc) is 2.65. The number of β-amino-alcohol motifs (C(OH)–C–C–N with tert-alkyl or cyclic N) is 1. The van der Waals surface area contributed by atoms with Crippen molar-refractivity contribution in [2.75, 3.05) is 13.1 Å². The van der Waals surface area contributed by atoms with E-state index in [1.807, 2.05) is 16.8 Å². The lowest BCUT2D eigenvalue weighted by atomic mass is 10.1. The molecule has 4 nitrogen and oxygen atoms in total. The maximum atomic E-state index is 9.47. The molecule has 0 saturated heterocycles. The van der Waals surface area contributed by atoms with Gasteiger partial charge in [0.05, 0.1) is 11.8 Å². The van der Waals surface area contributed by atoms with Gasteiger partial charge in [0, 0.05) is 25.8 Å². The van der Waals surface area contributed by atoms with Crippen LogP contribution < -0.4 is 5.32 Å². The van der Waals surface area contributed by atoms with E-state index < -0.39 is 0 Å². The van der Waals surface area contributed by atoms with Crippen LogP contribution in [0, 0.1) is 0 Å². The van der Waals surface area contributed by atoms with Crippen molar-refractivity contribution in [2.45, 2.75) is 19.6 Å². The van der Waals surface area contributed by atoms with Crippen LogP contribution in [0.2, 0.25) is 0 Å². The third kappa shape index (κ3) is 1.71. The molecule has 4 heteroatoms. The van der Waals surface area contributed by atoms with E-state index in [4.69, 9.17) is 0 Å². The molecule has 0 amide bonds. The summed E-state index contributed by atoms with van der Waals surface area (Å²) in [5.41, 5.74) is 2.22. The second-order valence-electron chi connectivity index (χ2n) is 3.42. The fourth-order valence-electron chi connectivity index (χ4n) is 1.74.